The van der Waals surface area contributed by atoms with Crippen LogP contribution in [0.3, 0.4) is 0 Å². The van der Waals surface area contributed by atoms with Crippen LogP contribution in [-0.4, -0.2) is 107 Å². The minimum Gasteiger partial charge on any atom is -0.460 e. The van der Waals surface area contributed by atoms with Gasteiger partial charge in [-0.05, 0) is 107 Å². The summed E-state index contributed by atoms with van der Waals surface area (Å²) in [5.74, 6) is -1.27. The largest absolute Gasteiger partial charge is 0.460 e. The average Bonchev–Trinajstić information content (AvgIpc) is 3.62. The number of pyridine rings is 2. The van der Waals surface area contributed by atoms with Gasteiger partial charge in [-0.1, -0.05) is 96.0 Å². The van der Waals surface area contributed by atoms with E-state index in [0.717, 1.165) is 21.5 Å². The smallest absolute Gasteiger partial charge is 0.412 e. The number of rotatable bonds is 18. The molecular weight excluding hydrogens is 1230 g/mol. The molecule has 0 aliphatic carbocycles. The number of benzene rings is 5. The van der Waals surface area contributed by atoms with Gasteiger partial charge in [-0.2, -0.15) is 27.0 Å². The van der Waals surface area contributed by atoms with Crippen molar-refractivity contribution in [2.45, 2.75) is 90.8 Å². The number of hydrogen-bond acceptors (Lipinski definition) is 16. The Morgan fingerprint density at radius 3 is 1.51 bits per heavy atom. The van der Waals surface area contributed by atoms with Gasteiger partial charge in [-0.15, -0.1) is 0 Å². The molecule has 0 radical (unpaired) electrons. The topological polar surface area (TPSA) is 281 Å². The maximum absolute atomic E-state index is 13.7. The summed E-state index contributed by atoms with van der Waals surface area (Å²) < 4.78 is 53.0. The number of nitro groups is 1. The molecule has 0 aliphatic heterocycles. The van der Waals surface area contributed by atoms with Gasteiger partial charge in [0.1, 0.15) is 53.4 Å². The van der Waals surface area contributed by atoms with Crippen LogP contribution in [0.5, 0.6) is 5.75 Å². The van der Waals surface area contributed by atoms with Crippen LogP contribution in [0, 0.1) is 21.7 Å². The molecular formula is C60H69Cl2F2N9O13S2. The summed E-state index contributed by atoms with van der Waals surface area (Å²) in [6.45, 7) is 10.3. The van der Waals surface area contributed by atoms with E-state index >= 15 is 0 Å². The van der Waals surface area contributed by atoms with Gasteiger partial charge >= 0.3 is 36.2 Å². The summed E-state index contributed by atoms with van der Waals surface area (Å²) in [6, 6.07) is 30.5. The van der Waals surface area contributed by atoms with E-state index in [9.17, 15) is 47.7 Å². The molecule has 472 valence electrons. The van der Waals surface area contributed by atoms with Crippen LogP contribution in [0.4, 0.5) is 45.3 Å². The molecule has 0 fully saturated rings. The number of likely N-dealkylation sites (N-methyl/N-ethyl adjacent to an activating group) is 2. The number of hydrogen-bond donors (Lipinski definition) is 5. The van der Waals surface area contributed by atoms with Gasteiger partial charge in [-0.3, -0.25) is 30.3 Å². The number of esters is 2. The highest BCUT2D eigenvalue weighted by atomic mass is 35.5. The minimum atomic E-state index is -0.858. The van der Waals surface area contributed by atoms with Crippen molar-refractivity contribution in [3.8, 4) is 5.75 Å². The summed E-state index contributed by atoms with van der Waals surface area (Å²) >= 11 is 11.7. The lowest BCUT2D eigenvalue weighted by molar-refractivity contribution is -0.384. The zero-order valence-electron chi connectivity index (χ0n) is 49.2. The molecule has 0 saturated carbocycles. The zero-order valence-corrected chi connectivity index (χ0v) is 52.7. The molecule has 5 amide bonds. The number of non-ortho nitro benzene ring substituents is 1. The van der Waals surface area contributed by atoms with E-state index in [0.29, 0.717) is 16.9 Å². The van der Waals surface area contributed by atoms with Crippen molar-refractivity contribution in [3.63, 3.8) is 0 Å². The number of amides is 5. The van der Waals surface area contributed by atoms with Gasteiger partial charge in [0.15, 0.2) is 0 Å². The third-order valence-corrected chi connectivity index (χ3v) is 12.5. The van der Waals surface area contributed by atoms with Crippen molar-refractivity contribution in [2.75, 3.05) is 37.9 Å². The monoisotopic (exact) mass is 1300 g/mol. The first-order chi connectivity index (χ1) is 40.7. The fraction of sp³-hybridized carbons (Fsp3) is 0.300. The number of fused-ring (bicyclic) bond motifs is 2. The third kappa shape index (κ3) is 25.4. The van der Waals surface area contributed by atoms with Gasteiger partial charge in [0.2, 0.25) is 0 Å². The minimum absolute atomic E-state index is 0. The van der Waals surface area contributed by atoms with Crippen molar-refractivity contribution in [3.05, 3.63) is 177 Å². The number of nitrogens with one attached hydrogen (secondary N) is 5. The second kappa shape index (κ2) is 35.3. The fourth-order valence-electron chi connectivity index (χ4n) is 7.42. The number of carbonyl (C=O) groups is 6. The first-order valence-corrected chi connectivity index (χ1v) is 27.2. The van der Waals surface area contributed by atoms with E-state index in [1.54, 1.807) is 85.2 Å². The number of nitrogens with zero attached hydrogens (tertiary/aromatic N) is 4. The molecule has 5 aromatic carbocycles. The Labute approximate surface area is 530 Å². The van der Waals surface area contributed by atoms with Crippen LogP contribution in [0.2, 0.25) is 10.0 Å². The van der Waals surface area contributed by atoms with E-state index in [4.69, 9.17) is 46.9 Å². The van der Waals surface area contributed by atoms with Crippen LogP contribution in [-0.2, 0) is 41.6 Å². The molecule has 7 rings (SSSR count). The van der Waals surface area contributed by atoms with Crippen molar-refractivity contribution in [2.24, 2.45) is 0 Å². The van der Waals surface area contributed by atoms with Gasteiger partial charge in [-0.25, -0.2) is 37.9 Å². The van der Waals surface area contributed by atoms with Gasteiger partial charge in [0.05, 0.1) is 39.9 Å². The average molecular weight is 1300 g/mol. The van der Waals surface area contributed by atoms with Crippen LogP contribution in [0.15, 0.2) is 134 Å². The van der Waals surface area contributed by atoms with E-state index in [2.05, 4.69) is 36.6 Å². The summed E-state index contributed by atoms with van der Waals surface area (Å²) in [7, 11) is 3.14. The normalized spacial score (nSPS) is 11.4. The predicted octanol–water partition coefficient (Wildman–Crippen LogP) is 12.5. The van der Waals surface area contributed by atoms with Crippen LogP contribution in [0.25, 0.3) is 21.5 Å². The second-order valence-electron chi connectivity index (χ2n) is 20.7. The Hall–Kier alpha value is -8.56. The number of carbonyl (C=O) groups excluding carboxylic acids is 6. The number of aromatic nitrogens is 2. The standard InChI is InChI=1S/C27H30ClFN4O5.C19H25N3O4.C14H10ClFN2O4.2H2S/c1-27(2,3)38-23(34)13-20(33(4)25(35)31-15-19-10-7-11-21(29)24(19)28)16-37-26(36)32-22-12-17-8-5-6-9-18(17)14-30-22;1-19(2,3)26-17(23)10-15(20-4)12-25-18(24)22-16-9-13-7-5-6-8-14(13)11-21-16;15-13-9(2-1-3-12(13)16)8-17-14(19)22-11-6-4-10(5-7-11)18(20)21;;/h5-12,14,20H,13,15-16H2,1-4H3,(H,31,35)(H,30,32,36);5-9,11,15,20H,10,12H2,1-4H3,(H,21,22,24);1-7H,8H2,(H,17,19);2*1H2/t20-;15-;;;/m00.../s1. The maximum atomic E-state index is 13.7. The molecule has 2 atom stereocenters. The van der Waals surface area contributed by atoms with Crippen molar-refractivity contribution in [1.82, 2.24) is 30.8 Å². The lowest BCUT2D eigenvalue weighted by Crippen LogP contribution is -2.47. The van der Waals surface area contributed by atoms with E-state index in [1.165, 1.54) is 60.5 Å². The SMILES string of the molecule is CN(C(=O)NCc1cccc(F)c1Cl)[C@H](COC(=O)Nc1cc2ccccc2cn1)CC(=O)OC(C)(C)C.CN[C@H](COC(=O)Nc1cc2ccccc2cn1)CC(=O)OC(C)(C)C.O=C(NCc1cccc(F)c1Cl)Oc1ccc([N+](=O)[O-])cc1.S.S. The zero-order chi connectivity index (χ0) is 63.1. The first-order valence-electron chi connectivity index (χ1n) is 26.4. The lowest BCUT2D eigenvalue weighted by atomic mass is 10.1. The predicted molar refractivity (Wildman–Crippen MR) is 341 cm³/mol. The number of anilines is 2. The van der Waals surface area contributed by atoms with Crippen LogP contribution >= 0.6 is 50.2 Å². The van der Waals surface area contributed by atoms with Crippen molar-refractivity contribution in [1.29, 1.82) is 0 Å². The van der Waals surface area contributed by atoms with E-state index in [-0.39, 0.29) is 105 Å². The molecule has 2 heterocycles. The quantitative estimate of drug-likeness (QED) is 0.0231. The summed E-state index contributed by atoms with van der Waals surface area (Å²) in [4.78, 5) is 92.8. The van der Waals surface area contributed by atoms with E-state index in [1.807, 2.05) is 48.5 Å². The highest BCUT2D eigenvalue weighted by molar-refractivity contribution is 7.59. The molecule has 22 nitrogen and oxygen atoms in total. The van der Waals surface area contributed by atoms with Gasteiger partial charge in [0, 0.05) is 55.4 Å². The number of urea groups is 1. The van der Waals surface area contributed by atoms with Crippen molar-refractivity contribution >= 4 is 125 Å². The van der Waals surface area contributed by atoms with Crippen LogP contribution in [0.1, 0.15) is 65.5 Å². The lowest BCUT2D eigenvalue weighted by Gasteiger charge is -2.29. The Balaban J connectivity index is 0.000000356. The molecule has 0 aliphatic rings. The summed E-state index contributed by atoms with van der Waals surface area (Å²) in [6.07, 6.45) is 0.968. The van der Waals surface area contributed by atoms with E-state index < -0.39 is 64.1 Å². The Kier molecular flexibility index (Phi) is 29.6. The molecule has 2 aromatic heterocycles. The molecule has 0 bridgehead atoms. The molecule has 5 N–H and O–H groups in total. The molecule has 28 heteroatoms. The molecule has 7 aromatic rings. The highest BCUT2D eigenvalue weighted by Gasteiger charge is 2.28. The van der Waals surface area contributed by atoms with Crippen molar-refractivity contribution < 1.29 is 66.2 Å². The molecule has 88 heavy (non-hydrogen) atoms. The summed E-state index contributed by atoms with van der Waals surface area (Å²) in [5, 5.41) is 27.2. The second-order valence-corrected chi connectivity index (χ2v) is 21.4. The van der Waals surface area contributed by atoms with Gasteiger partial charge < -0.3 is 44.5 Å². The summed E-state index contributed by atoms with van der Waals surface area (Å²) in [5.41, 5.74) is -0.608. The first kappa shape index (κ1) is 73.7. The molecule has 0 unspecified atom stereocenters. The Morgan fingerprint density at radius 2 is 1.06 bits per heavy atom. The van der Waals surface area contributed by atoms with Crippen LogP contribution < -0.4 is 31.3 Å². The number of nitro benzene ring substituents is 1. The number of halogens is 4. The molecule has 0 spiro atoms. The fourth-order valence-corrected chi connectivity index (χ4v) is 7.81. The Bertz CT molecular complexity index is 3510. The maximum Gasteiger partial charge on any atom is 0.412 e. The third-order valence-electron chi connectivity index (χ3n) is 11.7. The molecule has 0 saturated heterocycles. The van der Waals surface area contributed by atoms with Gasteiger partial charge in [0.25, 0.3) is 5.69 Å². The number of ether oxygens (including phenoxy) is 5. The Morgan fingerprint density at radius 1 is 0.614 bits per heavy atom. The highest BCUT2D eigenvalue weighted by Crippen LogP contribution is 2.23.